The van der Waals surface area contributed by atoms with Crippen molar-refractivity contribution in [3.05, 3.63) is 53.4 Å². The summed E-state index contributed by atoms with van der Waals surface area (Å²) in [7, 11) is 0. The molecule has 0 N–H and O–H groups in total. The third-order valence-corrected chi connectivity index (χ3v) is 5.24. The van der Waals surface area contributed by atoms with Gasteiger partial charge in [-0.25, -0.2) is 9.37 Å². The molecule has 2 fully saturated rings. The third-order valence-electron chi connectivity index (χ3n) is 5.03. The second-order valence-electron chi connectivity index (χ2n) is 6.78. The van der Waals surface area contributed by atoms with E-state index in [9.17, 15) is 4.39 Å². The summed E-state index contributed by atoms with van der Waals surface area (Å²) in [6.45, 7) is 4.71. The maximum atomic E-state index is 13.0. The number of fused-ring (bicyclic) bond motifs is 1. The Morgan fingerprint density at radius 2 is 1.96 bits per heavy atom. The third kappa shape index (κ3) is 3.88. The second-order valence-corrected chi connectivity index (χ2v) is 7.17. The van der Waals surface area contributed by atoms with Gasteiger partial charge in [-0.2, -0.15) is 0 Å². The van der Waals surface area contributed by atoms with Crippen LogP contribution in [0.1, 0.15) is 6.42 Å². The molecule has 0 amide bonds. The van der Waals surface area contributed by atoms with E-state index < -0.39 is 0 Å². The summed E-state index contributed by atoms with van der Waals surface area (Å²) < 4.78 is 18.8. The second kappa shape index (κ2) is 7.18. The van der Waals surface area contributed by atoms with Crippen LogP contribution in [0, 0.1) is 11.7 Å². The van der Waals surface area contributed by atoms with Crippen LogP contribution in [0.25, 0.3) is 0 Å². The lowest BCUT2D eigenvalue weighted by Gasteiger charge is -2.38. The van der Waals surface area contributed by atoms with E-state index in [0.29, 0.717) is 23.7 Å². The van der Waals surface area contributed by atoms with Gasteiger partial charge in [0.25, 0.3) is 0 Å². The Kier molecular flexibility index (Phi) is 4.77. The highest BCUT2D eigenvalue weighted by molar-refractivity contribution is 6.29. The zero-order valence-corrected chi connectivity index (χ0v) is 14.7. The number of hydrogen-bond acceptors (Lipinski definition) is 4. The molecule has 3 heterocycles. The van der Waals surface area contributed by atoms with E-state index in [4.69, 9.17) is 16.3 Å². The number of halogens is 2. The Bertz CT molecular complexity index is 727. The summed E-state index contributed by atoms with van der Waals surface area (Å²) in [5.41, 5.74) is 0. The highest BCUT2D eigenvalue weighted by Gasteiger charge is 2.36. The Morgan fingerprint density at radius 3 is 2.76 bits per heavy atom. The van der Waals surface area contributed by atoms with Crippen molar-refractivity contribution in [3.8, 4) is 5.75 Å². The zero-order valence-electron chi connectivity index (χ0n) is 13.9. The van der Waals surface area contributed by atoms with Crippen LogP contribution in [-0.2, 0) is 0 Å². The molecule has 2 saturated heterocycles. The summed E-state index contributed by atoms with van der Waals surface area (Å²) in [5.74, 6) is 1.96. The van der Waals surface area contributed by atoms with Gasteiger partial charge in [-0.05, 0) is 42.8 Å². The molecule has 0 bridgehead atoms. The van der Waals surface area contributed by atoms with Crippen molar-refractivity contribution < 1.29 is 9.13 Å². The molecule has 132 valence electrons. The lowest BCUT2D eigenvalue weighted by atomic mass is 10.1. The van der Waals surface area contributed by atoms with E-state index in [-0.39, 0.29) is 5.82 Å². The van der Waals surface area contributed by atoms with Crippen LogP contribution in [0.3, 0.4) is 0 Å². The number of pyridine rings is 1. The number of rotatable bonds is 4. The molecule has 25 heavy (non-hydrogen) atoms. The minimum Gasteiger partial charge on any atom is -0.493 e. The van der Waals surface area contributed by atoms with E-state index in [1.807, 2.05) is 12.1 Å². The van der Waals surface area contributed by atoms with Gasteiger partial charge in [0.05, 0.1) is 6.61 Å². The number of anilines is 1. The van der Waals surface area contributed by atoms with Crippen LogP contribution in [0.5, 0.6) is 5.75 Å². The quantitative estimate of drug-likeness (QED) is 0.780. The molecule has 2 aliphatic rings. The van der Waals surface area contributed by atoms with Crippen molar-refractivity contribution in [1.82, 2.24) is 9.88 Å². The molecular formula is C19H21ClFN3O. The first-order valence-electron chi connectivity index (χ1n) is 8.67. The highest BCUT2D eigenvalue weighted by atomic mass is 35.5. The van der Waals surface area contributed by atoms with E-state index >= 15 is 0 Å². The highest BCUT2D eigenvalue weighted by Crippen LogP contribution is 2.29. The minimum atomic E-state index is -0.236. The average Bonchev–Trinajstić information content (AvgIpc) is 3.03. The van der Waals surface area contributed by atoms with Crippen LogP contribution in [0.15, 0.2) is 42.5 Å². The van der Waals surface area contributed by atoms with E-state index in [1.54, 1.807) is 18.2 Å². The topological polar surface area (TPSA) is 28.6 Å². The predicted octanol–water partition coefficient (Wildman–Crippen LogP) is 3.46. The van der Waals surface area contributed by atoms with Crippen LogP contribution >= 0.6 is 11.6 Å². The van der Waals surface area contributed by atoms with Crippen molar-refractivity contribution in [3.63, 3.8) is 0 Å². The van der Waals surface area contributed by atoms with Crippen molar-refractivity contribution in [1.29, 1.82) is 0 Å². The van der Waals surface area contributed by atoms with Gasteiger partial charge < -0.3 is 9.64 Å². The fourth-order valence-electron chi connectivity index (χ4n) is 3.80. The maximum absolute atomic E-state index is 13.0. The van der Waals surface area contributed by atoms with Gasteiger partial charge in [-0.3, -0.25) is 4.90 Å². The van der Waals surface area contributed by atoms with Gasteiger partial charge in [-0.1, -0.05) is 17.7 Å². The molecular weight excluding hydrogens is 341 g/mol. The van der Waals surface area contributed by atoms with Crippen LogP contribution < -0.4 is 9.64 Å². The first kappa shape index (κ1) is 16.6. The number of ether oxygens (including phenoxy) is 1. The Hall–Kier alpha value is -1.85. The normalized spacial score (nSPS) is 23.5. The molecule has 4 nitrogen and oxygen atoms in total. The summed E-state index contributed by atoms with van der Waals surface area (Å²) in [6, 6.07) is 12.5. The lowest BCUT2D eigenvalue weighted by Crippen LogP contribution is -2.50. The van der Waals surface area contributed by atoms with Crippen molar-refractivity contribution in [2.45, 2.75) is 12.5 Å². The monoisotopic (exact) mass is 361 g/mol. The van der Waals surface area contributed by atoms with Gasteiger partial charge in [0, 0.05) is 38.1 Å². The Balaban J connectivity index is 1.33. The molecule has 1 aromatic carbocycles. The largest absolute Gasteiger partial charge is 0.493 e. The fourth-order valence-corrected chi connectivity index (χ4v) is 3.95. The first-order valence-corrected chi connectivity index (χ1v) is 9.05. The van der Waals surface area contributed by atoms with Gasteiger partial charge >= 0.3 is 0 Å². The van der Waals surface area contributed by atoms with Crippen molar-refractivity contribution in [2.75, 3.05) is 37.7 Å². The molecule has 0 unspecified atom stereocenters. The van der Waals surface area contributed by atoms with Crippen molar-refractivity contribution >= 4 is 17.4 Å². The number of piperazine rings is 1. The van der Waals surface area contributed by atoms with Gasteiger partial charge in [0.15, 0.2) is 0 Å². The molecule has 0 spiro atoms. The number of nitrogens with zero attached hydrogens (tertiary/aromatic N) is 3. The predicted molar refractivity (Wildman–Crippen MR) is 96.8 cm³/mol. The number of hydrogen-bond donors (Lipinski definition) is 0. The average molecular weight is 362 g/mol. The van der Waals surface area contributed by atoms with Crippen LogP contribution in [-0.4, -0.2) is 48.7 Å². The van der Waals surface area contributed by atoms with E-state index in [1.165, 1.54) is 12.1 Å². The van der Waals surface area contributed by atoms with Gasteiger partial charge in [0.2, 0.25) is 0 Å². The smallest absolute Gasteiger partial charge is 0.131 e. The summed E-state index contributed by atoms with van der Waals surface area (Å²) in [4.78, 5) is 9.29. The fraction of sp³-hybridized carbons (Fsp3) is 0.421. The molecule has 2 aliphatic heterocycles. The summed E-state index contributed by atoms with van der Waals surface area (Å²) >= 11 is 6.02. The van der Waals surface area contributed by atoms with Crippen molar-refractivity contribution in [2.24, 2.45) is 5.92 Å². The minimum absolute atomic E-state index is 0.236. The number of benzene rings is 1. The van der Waals surface area contributed by atoms with Gasteiger partial charge in [-0.15, -0.1) is 0 Å². The molecule has 0 radical (unpaired) electrons. The summed E-state index contributed by atoms with van der Waals surface area (Å²) in [5, 5.41) is 0.539. The molecule has 2 atom stereocenters. The Labute approximate surface area is 152 Å². The summed E-state index contributed by atoms with van der Waals surface area (Å²) in [6.07, 6.45) is 1.11. The molecule has 6 heteroatoms. The Morgan fingerprint density at radius 1 is 1.12 bits per heavy atom. The zero-order chi connectivity index (χ0) is 17.2. The van der Waals surface area contributed by atoms with Crippen LogP contribution in [0.4, 0.5) is 10.2 Å². The van der Waals surface area contributed by atoms with Crippen LogP contribution in [0.2, 0.25) is 5.15 Å². The van der Waals surface area contributed by atoms with E-state index in [2.05, 4.69) is 14.8 Å². The SMILES string of the molecule is Fc1ccc(OC[C@H]2C[C@H]3CN(c4cccc(Cl)n4)CCN3C2)cc1. The standard InChI is InChI=1S/C19H21ClFN3O/c20-18-2-1-3-19(22-18)24-9-8-23-11-14(10-16(23)12-24)13-25-17-6-4-15(21)5-7-17/h1-7,14,16H,8-13H2/t14-,16-/m0/s1. The number of aromatic nitrogens is 1. The van der Waals surface area contributed by atoms with Gasteiger partial charge in [0.1, 0.15) is 22.5 Å². The molecule has 0 saturated carbocycles. The van der Waals surface area contributed by atoms with E-state index in [0.717, 1.165) is 44.2 Å². The molecule has 2 aromatic rings. The molecule has 4 rings (SSSR count). The molecule has 1 aromatic heterocycles. The lowest BCUT2D eigenvalue weighted by molar-refractivity contribution is 0.216. The maximum Gasteiger partial charge on any atom is 0.131 e. The molecule has 0 aliphatic carbocycles. The first-order chi connectivity index (χ1) is 12.2.